The summed E-state index contributed by atoms with van der Waals surface area (Å²) < 4.78 is 14.3. The first-order valence-corrected chi connectivity index (χ1v) is 7.06. The molecule has 3 N–H and O–H groups in total. The van der Waals surface area contributed by atoms with Gasteiger partial charge in [-0.1, -0.05) is 18.9 Å². The van der Waals surface area contributed by atoms with E-state index >= 15 is 0 Å². The highest BCUT2D eigenvalue weighted by Gasteiger charge is 2.24. The van der Waals surface area contributed by atoms with E-state index in [0.29, 0.717) is 18.3 Å². The lowest BCUT2D eigenvalue weighted by molar-refractivity contribution is 0.296. The molecule has 1 aromatic rings. The van der Waals surface area contributed by atoms with Crippen molar-refractivity contribution in [2.45, 2.75) is 44.7 Å². The highest BCUT2D eigenvalue weighted by atomic mass is 19.1. The number of benzene rings is 1. The van der Waals surface area contributed by atoms with Crippen molar-refractivity contribution >= 4 is 5.69 Å². The van der Waals surface area contributed by atoms with Gasteiger partial charge >= 0.3 is 0 Å². The normalized spacial score (nSPS) is 17.7. The van der Waals surface area contributed by atoms with Crippen LogP contribution in [0.1, 0.15) is 44.2 Å². The predicted octanol–water partition coefficient (Wildman–Crippen LogP) is 2.59. The third kappa shape index (κ3) is 3.25. The molecule has 1 fully saturated rings. The van der Waals surface area contributed by atoms with E-state index in [2.05, 4.69) is 0 Å². The quantitative estimate of drug-likeness (QED) is 0.861. The number of rotatable bonds is 5. The molecular formula is C15H23FN2O. The molecule has 3 nitrogen and oxygen atoms in total. The molecule has 0 bridgehead atoms. The Kier molecular flexibility index (Phi) is 4.77. The van der Waals surface area contributed by atoms with Gasteiger partial charge in [0, 0.05) is 18.6 Å². The Hall–Kier alpha value is -1.13. The van der Waals surface area contributed by atoms with Gasteiger partial charge in [0.15, 0.2) is 0 Å². The molecule has 1 aliphatic rings. The van der Waals surface area contributed by atoms with E-state index < -0.39 is 0 Å². The first kappa shape index (κ1) is 14.3. The molecule has 106 valence electrons. The second-order valence-corrected chi connectivity index (χ2v) is 5.35. The van der Waals surface area contributed by atoms with E-state index in [9.17, 15) is 9.50 Å². The van der Waals surface area contributed by atoms with Crippen molar-refractivity contribution in [3.8, 4) is 0 Å². The number of hydrogen-bond donors (Lipinski definition) is 2. The van der Waals surface area contributed by atoms with E-state index in [1.807, 2.05) is 17.9 Å². The minimum absolute atomic E-state index is 0.0466. The third-order valence-corrected chi connectivity index (χ3v) is 3.91. The Labute approximate surface area is 114 Å². The summed E-state index contributed by atoms with van der Waals surface area (Å²) in [6, 6.07) is 5.37. The van der Waals surface area contributed by atoms with Crippen LogP contribution in [0.3, 0.4) is 0 Å². The van der Waals surface area contributed by atoms with Crippen LogP contribution in [-0.2, 0) is 0 Å². The van der Waals surface area contributed by atoms with Crippen LogP contribution in [0, 0.1) is 5.82 Å². The first-order valence-electron chi connectivity index (χ1n) is 7.06. The third-order valence-electron chi connectivity index (χ3n) is 3.91. The summed E-state index contributed by atoms with van der Waals surface area (Å²) in [6.45, 7) is 2.38. The number of halogens is 1. The van der Waals surface area contributed by atoms with Crippen molar-refractivity contribution in [1.29, 1.82) is 0 Å². The topological polar surface area (TPSA) is 49.5 Å². The van der Waals surface area contributed by atoms with Crippen LogP contribution in [0.4, 0.5) is 10.1 Å². The number of anilines is 1. The average Bonchev–Trinajstić information content (AvgIpc) is 2.90. The van der Waals surface area contributed by atoms with Crippen LogP contribution >= 0.6 is 0 Å². The Bertz CT molecular complexity index is 417. The number of aliphatic hydroxyl groups is 1. The summed E-state index contributed by atoms with van der Waals surface area (Å²) >= 11 is 0. The van der Waals surface area contributed by atoms with Gasteiger partial charge in [0.05, 0.1) is 12.3 Å². The maximum absolute atomic E-state index is 14.3. The zero-order valence-electron chi connectivity index (χ0n) is 11.5. The van der Waals surface area contributed by atoms with Crippen molar-refractivity contribution in [3.63, 3.8) is 0 Å². The average molecular weight is 266 g/mol. The van der Waals surface area contributed by atoms with Crippen molar-refractivity contribution in [3.05, 3.63) is 29.6 Å². The smallest absolute Gasteiger partial charge is 0.146 e. The van der Waals surface area contributed by atoms with Gasteiger partial charge in [0.2, 0.25) is 0 Å². The lowest BCUT2D eigenvalue weighted by atomic mass is 10.1. The van der Waals surface area contributed by atoms with Gasteiger partial charge in [0.25, 0.3) is 0 Å². The van der Waals surface area contributed by atoms with Gasteiger partial charge in [-0.3, -0.25) is 0 Å². The number of nitrogens with zero attached hydrogens (tertiary/aromatic N) is 1. The molecule has 2 rings (SSSR count). The zero-order valence-corrected chi connectivity index (χ0v) is 11.5. The van der Waals surface area contributed by atoms with Crippen LogP contribution in [-0.4, -0.2) is 24.3 Å². The minimum Gasteiger partial charge on any atom is -0.395 e. The van der Waals surface area contributed by atoms with Gasteiger partial charge in [-0.15, -0.1) is 0 Å². The molecule has 0 unspecified atom stereocenters. The van der Waals surface area contributed by atoms with Crippen molar-refractivity contribution in [2.24, 2.45) is 5.73 Å². The molecule has 0 heterocycles. The number of nitrogens with two attached hydrogens (primary N) is 1. The maximum Gasteiger partial charge on any atom is 0.146 e. The zero-order chi connectivity index (χ0) is 13.8. The van der Waals surface area contributed by atoms with E-state index in [0.717, 1.165) is 18.4 Å². The summed E-state index contributed by atoms with van der Waals surface area (Å²) in [4.78, 5) is 2.01. The summed E-state index contributed by atoms with van der Waals surface area (Å²) in [6.07, 6.45) is 4.53. The second-order valence-electron chi connectivity index (χ2n) is 5.35. The largest absolute Gasteiger partial charge is 0.395 e. The van der Waals surface area contributed by atoms with Gasteiger partial charge in [0.1, 0.15) is 5.82 Å². The van der Waals surface area contributed by atoms with Crippen molar-refractivity contribution < 1.29 is 9.50 Å². The lowest BCUT2D eigenvalue weighted by Crippen LogP contribution is -2.36. The highest BCUT2D eigenvalue weighted by Crippen LogP contribution is 2.30. The Balaban J connectivity index is 2.25. The van der Waals surface area contributed by atoms with Crippen LogP contribution < -0.4 is 10.6 Å². The Morgan fingerprint density at radius 1 is 1.42 bits per heavy atom. The van der Waals surface area contributed by atoms with Crippen molar-refractivity contribution in [1.82, 2.24) is 0 Å². The molecule has 1 aromatic carbocycles. The van der Waals surface area contributed by atoms with E-state index in [-0.39, 0.29) is 18.5 Å². The van der Waals surface area contributed by atoms with Gasteiger partial charge in [-0.2, -0.15) is 0 Å². The minimum atomic E-state index is -0.241. The first-order chi connectivity index (χ1) is 9.13. The molecule has 0 amide bonds. The van der Waals surface area contributed by atoms with Gasteiger partial charge in [-0.25, -0.2) is 4.39 Å². The SMILES string of the molecule is C[C@H](N)c1ccc(N(CCO)C2CCCC2)c(F)c1. The summed E-state index contributed by atoms with van der Waals surface area (Å²) in [5.74, 6) is -0.241. The molecule has 1 aliphatic carbocycles. The summed E-state index contributed by atoms with van der Waals surface area (Å²) in [5.41, 5.74) is 7.16. The molecular weight excluding hydrogens is 243 g/mol. The maximum atomic E-state index is 14.3. The van der Waals surface area contributed by atoms with E-state index in [4.69, 9.17) is 5.73 Å². The fourth-order valence-corrected chi connectivity index (χ4v) is 2.86. The van der Waals surface area contributed by atoms with Crippen LogP contribution in [0.15, 0.2) is 18.2 Å². The Morgan fingerprint density at radius 2 is 2.11 bits per heavy atom. The monoisotopic (exact) mass is 266 g/mol. The molecule has 1 saturated carbocycles. The standard InChI is InChI=1S/C15H23FN2O/c1-11(17)12-6-7-15(14(16)10-12)18(8-9-19)13-4-2-3-5-13/h6-7,10-11,13,19H,2-5,8-9,17H2,1H3/t11-/m0/s1. The molecule has 4 heteroatoms. The molecule has 1 atom stereocenters. The second kappa shape index (κ2) is 6.35. The molecule has 0 aromatic heterocycles. The van der Waals surface area contributed by atoms with Crippen LogP contribution in [0.25, 0.3) is 0 Å². The van der Waals surface area contributed by atoms with E-state index in [1.165, 1.54) is 18.9 Å². The van der Waals surface area contributed by atoms with Crippen LogP contribution in [0.2, 0.25) is 0 Å². The lowest BCUT2D eigenvalue weighted by Gasteiger charge is -2.31. The molecule has 0 aliphatic heterocycles. The molecule has 19 heavy (non-hydrogen) atoms. The fraction of sp³-hybridized carbons (Fsp3) is 0.600. The molecule has 0 spiro atoms. The number of aliphatic hydroxyl groups excluding tert-OH is 1. The predicted molar refractivity (Wildman–Crippen MR) is 75.7 cm³/mol. The van der Waals surface area contributed by atoms with Crippen LogP contribution in [0.5, 0.6) is 0 Å². The summed E-state index contributed by atoms with van der Waals surface area (Å²) in [7, 11) is 0. The fourth-order valence-electron chi connectivity index (χ4n) is 2.86. The van der Waals surface area contributed by atoms with E-state index in [1.54, 1.807) is 6.07 Å². The Morgan fingerprint density at radius 3 is 2.63 bits per heavy atom. The van der Waals surface area contributed by atoms with Crippen molar-refractivity contribution in [2.75, 3.05) is 18.1 Å². The highest BCUT2D eigenvalue weighted by molar-refractivity contribution is 5.50. The molecule has 0 radical (unpaired) electrons. The summed E-state index contributed by atoms with van der Waals surface area (Å²) in [5, 5.41) is 9.21. The molecule has 0 saturated heterocycles. The van der Waals surface area contributed by atoms with Gasteiger partial charge < -0.3 is 15.7 Å². The number of hydrogen-bond acceptors (Lipinski definition) is 3. The van der Waals surface area contributed by atoms with Gasteiger partial charge in [-0.05, 0) is 37.5 Å².